The third-order valence-corrected chi connectivity index (χ3v) is 7.14. The Labute approximate surface area is 230 Å². The predicted octanol–water partition coefficient (Wildman–Crippen LogP) is 7.85. The molecule has 0 atom stereocenters. The molecule has 0 spiro atoms. The van der Waals surface area contributed by atoms with E-state index in [9.17, 15) is 18.0 Å². The molecule has 206 valence electrons. The number of ether oxygens (including phenoxy) is 1. The van der Waals surface area contributed by atoms with Gasteiger partial charge in [0.15, 0.2) is 0 Å². The molecular weight excluding hydrogens is 525 g/mol. The minimum absolute atomic E-state index is 0.0539. The molecule has 1 fully saturated rings. The standard InChI is InChI=1S/C29H31F3N4O2S/c1-2-3-4-6-11-20(18-33)28-35-23(19-39-28)27(37)34-22-14-15-24(38-21-12-7-5-8-13-21)25(29(30,31)32)26(22)36-16-9-10-17-36/h5-8,11-15,18-19H,2-4,9-10,16-17,33H2,1H3,(H,34,37)/b11-6-,20-18+. The van der Waals surface area contributed by atoms with Gasteiger partial charge in [0.05, 0.1) is 11.4 Å². The van der Waals surface area contributed by atoms with Crippen LogP contribution in [0.25, 0.3) is 5.57 Å². The number of nitrogens with one attached hydrogen (secondary N) is 1. The van der Waals surface area contributed by atoms with Crippen molar-refractivity contribution in [2.45, 2.75) is 45.2 Å². The van der Waals surface area contributed by atoms with E-state index in [2.05, 4.69) is 17.2 Å². The first kappa shape index (κ1) is 28.2. The van der Waals surface area contributed by atoms with E-state index in [-0.39, 0.29) is 28.6 Å². The topological polar surface area (TPSA) is 80.5 Å². The lowest BCUT2D eigenvalue weighted by atomic mass is 10.1. The summed E-state index contributed by atoms with van der Waals surface area (Å²) in [7, 11) is 0. The van der Waals surface area contributed by atoms with E-state index in [0.717, 1.165) is 32.1 Å². The molecule has 2 aromatic carbocycles. The van der Waals surface area contributed by atoms with E-state index in [1.54, 1.807) is 40.6 Å². The molecule has 0 radical (unpaired) electrons. The van der Waals surface area contributed by atoms with Crippen LogP contribution >= 0.6 is 11.3 Å². The molecule has 3 N–H and O–H groups in total. The van der Waals surface area contributed by atoms with Gasteiger partial charge in [0.25, 0.3) is 5.91 Å². The Balaban J connectivity index is 1.66. The van der Waals surface area contributed by atoms with Crippen LogP contribution in [0, 0.1) is 0 Å². The summed E-state index contributed by atoms with van der Waals surface area (Å²) >= 11 is 1.24. The van der Waals surface area contributed by atoms with Crippen molar-refractivity contribution in [3.63, 3.8) is 0 Å². The number of halogens is 3. The predicted molar refractivity (Wildman–Crippen MR) is 150 cm³/mol. The number of carbonyl (C=O) groups excluding carboxylic acids is 1. The van der Waals surface area contributed by atoms with Crippen molar-refractivity contribution in [3.05, 3.63) is 82.5 Å². The van der Waals surface area contributed by atoms with Gasteiger partial charge in [0.2, 0.25) is 0 Å². The Hall–Kier alpha value is -3.79. The minimum atomic E-state index is -4.72. The molecule has 39 heavy (non-hydrogen) atoms. The maximum Gasteiger partial charge on any atom is 0.422 e. The van der Waals surface area contributed by atoms with Crippen LogP contribution in [0.15, 0.2) is 66.2 Å². The number of nitrogens with two attached hydrogens (primary N) is 1. The summed E-state index contributed by atoms with van der Waals surface area (Å²) in [5, 5.41) is 4.80. The maximum absolute atomic E-state index is 14.5. The first-order chi connectivity index (χ1) is 18.8. The van der Waals surface area contributed by atoms with Gasteiger partial charge in [-0.05, 0) is 43.5 Å². The van der Waals surface area contributed by atoms with Crippen molar-refractivity contribution in [2.24, 2.45) is 5.73 Å². The van der Waals surface area contributed by atoms with Crippen LogP contribution in [0.3, 0.4) is 0 Å². The number of aromatic nitrogens is 1. The lowest BCUT2D eigenvalue weighted by Crippen LogP contribution is -2.25. The molecule has 4 rings (SSSR count). The normalized spacial score (nSPS) is 14.3. The maximum atomic E-state index is 14.5. The van der Waals surface area contributed by atoms with Crippen LogP contribution in [0.4, 0.5) is 24.5 Å². The smallest absolute Gasteiger partial charge is 0.422 e. The molecule has 6 nitrogen and oxygen atoms in total. The second kappa shape index (κ2) is 12.8. The van der Waals surface area contributed by atoms with Gasteiger partial charge in [0, 0.05) is 30.2 Å². The average molecular weight is 557 g/mol. The van der Waals surface area contributed by atoms with E-state index in [1.165, 1.54) is 29.7 Å². The van der Waals surface area contributed by atoms with Crippen LogP contribution in [0.2, 0.25) is 0 Å². The highest BCUT2D eigenvalue weighted by Crippen LogP contribution is 2.48. The molecule has 0 saturated carbocycles. The molecule has 1 saturated heterocycles. The van der Waals surface area contributed by atoms with E-state index >= 15 is 0 Å². The Morgan fingerprint density at radius 3 is 2.59 bits per heavy atom. The molecule has 0 bridgehead atoms. The van der Waals surface area contributed by atoms with Crippen molar-refractivity contribution in [3.8, 4) is 11.5 Å². The number of hydrogen-bond donors (Lipinski definition) is 2. The van der Waals surface area contributed by atoms with Crippen molar-refractivity contribution < 1.29 is 22.7 Å². The summed E-state index contributed by atoms with van der Waals surface area (Å²) < 4.78 is 49.3. The summed E-state index contributed by atoms with van der Waals surface area (Å²) in [6.45, 7) is 2.99. The minimum Gasteiger partial charge on any atom is -0.457 e. The Morgan fingerprint density at radius 2 is 1.92 bits per heavy atom. The van der Waals surface area contributed by atoms with Gasteiger partial charge in [-0.1, -0.05) is 50.1 Å². The summed E-state index contributed by atoms with van der Waals surface area (Å²) in [5.41, 5.74) is 5.58. The number of para-hydroxylation sites is 1. The first-order valence-corrected chi connectivity index (χ1v) is 13.8. The van der Waals surface area contributed by atoms with E-state index < -0.39 is 17.6 Å². The van der Waals surface area contributed by atoms with Crippen LogP contribution in [-0.4, -0.2) is 24.0 Å². The summed E-state index contributed by atoms with van der Waals surface area (Å²) in [6, 6.07) is 11.0. The van der Waals surface area contributed by atoms with E-state index in [1.807, 2.05) is 12.2 Å². The van der Waals surface area contributed by atoms with Gasteiger partial charge in [-0.15, -0.1) is 11.3 Å². The monoisotopic (exact) mass is 556 g/mol. The fourth-order valence-electron chi connectivity index (χ4n) is 4.34. The van der Waals surface area contributed by atoms with Gasteiger partial charge in [0.1, 0.15) is 27.8 Å². The number of carbonyl (C=O) groups is 1. The zero-order chi connectivity index (χ0) is 27.8. The lowest BCUT2D eigenvalue weighted by molar-refractivity contribution is -0.138. The van der Waals surface area contributed by atoms with Crippen LogP contribution in [0.1, 0.15) is 60.1 Å². The Kier molecular flexibility index (Phi) is 9.29. The molecule has 10 heteroatoms. The Morgan fingerprint density at radius 1 is 1.18 bits per heavy atom. The highest BCUT2D eigenvalue weighted by Gasteiger charge is 2.41. The number of nitrogens with zero attached hydrogens (tertiary/aromatic N) is 2. The third-order valence-electron chi connectivity index (χ3n) is 6.25. The lowest BCUT2D eigenvalue weighted by Gasteiger charge is -2.27. The third kappa shape index (κ3) is 7.00. The van der Waals surface area contributed by atoms with Crippen molar-refractivity contribution >= 4 is 34.2 Å². The number of amides is 1. The number of allylic oxidation sites excluding steroid dienone is 3. The largest absolute Gasteiger partial charge is 0.457 e. The number of anilines is 2. The molecule has 0 aliphatic carbocycles. The highest BCUT2D eigenvalue weighted by atomic mass is 32.1. The second-order valence-corrected chi connectivity index (χ2v) is 9.96. The fraction of sp³-hybridized carbons (Fsp3) is 0.310. The van der Waals surface area contributed by atoms with E-state index in [0.29, 0.717) is 23.7 Å². The SMILES string of the molecule is CCCC/C=C\C(=C/N)c1nc(C(=O)Nc2ccc(Oc3ccccc3)c(C(F)(F)F)c2N2CCCC2)cs1. The number of unbranched alkanes of at least 4 members (excludes halogenated alkanes) is 2. The molecule has 1 aromatic heterocycles. The van der Waals surface area contributed by atoms with Gasteiger partial charge in [-0.25, -0.2) is 4.98 Å². The highest BCUT2D eigenvalue weighted by molar-refractivity contribution is 7.11. The van der Waals surface area contributed by atoms with Crippen LogP contribution in [0.5, 0.6) is 11.5 Å². The molecule has 1 amide bonds. The zero-order valence-corrected chi connectivity index (χ0v) is 22.4. The molecule has 0 unspecified atom stereocenters. The molecule has 1 aliphatic rings. The Bertz CT molecular complexity index is 1330. The van der Waals surface area contributed by atoms with Gasteiger partial charge in [-0.3, -0.25) is 4.79 Å². The number of benzene rings is 2. The molecule has 1 aliphatic heterocycles. The average Bonchev–Trinajstić information content (AvgIpc) is 3.62. The second-order valence-electron chi connectivity index (χ2n) is 9.10. The molecule has 3 aromatic rings. The van der Waals surface area contributed by atoms with Crippen molar-refractivity contribution in [2.75, 3.05) is 23.3 Å². The number of thiazole rings is 1. The van der Waals surface area contributed by atoms with Gasteiger partial charge in [-0.2, -0.15) is 13.2 Å². The van der Waals surface area contributed by atoms with Gasteiger partial charge < -0.3 is 20.7 Å². The molecular formula is C29H31F3N4O2S. The fourth-order valence-corrected chi connectivity index (χ4v) is 5.15. The number of rotatable bonds is 10. The summed E-state index contributed by atoms with van der Waals surface area (Å²) in [5.74, 6) is -0.638. The summed E-state index contributed by atoms with van der Waals surface area (Å²) in [4.78, 5) is 19.2. The quantitative estimate of drug-likeness (QED) is 0.196. The number of alkyl halides is 3. The summed E-state index contributed by atoms with van der Waals surface area (Å²) in [6.07, 6.45) is 5.10. The van der Waals surface area contributed by atoms with Crippen molar-refractivity contribution in [1.29, 1.82) is 0 Å². The molecule has 2 heterocycles. The zero-order valence-electron chi connectivity index (χ0n) is 21.6. The van der Waals surface area contributed by atoms with Gasteiger partial charge >= 0.3 is 6.18 Å². The van der Waals surface area contributed by atoms with Crippen LogP contribution in [-0.2, 0) is 6.18 Å². The first-order valence-electron chi connectivity index (χ1n) is 12.9. The van der Waals surface area contributed by atoms with Crippen LogP contribution < -0.4 is 20.7 Å². The van der Waals surface area contributed by atoms with E-state index in [4.69, 9.17) is 10.5 Å². The number of hydrogen-bond acceptors (Lipinski definition) is 6. The van der Waals surface area contributed by atoms with Crippen molar-refractivity contribution in [1.82, 2.24) is 4.98 Å².